The number of rotatable bonds is 4. The second-order valence-corrected chi connectivity index (χ2v) is 6.92. The van der Waals surface area contributed by atoms with E-state index in [4.69, 9.17) is 5.84 Å². The Hall–Kier alpha value is -1.73. The summed E-state index contributed by atoms with van der Waals surface area (Å²) in [6.45, 7) is 0. The molecule has 0 fully saturated rings. The van der Waals surface area contributed by atoms with Crippen LogP contribution < -0.4 is 11.3 Å². The molecule has 0 aliphatic heterocycles. The summed E-state index contributed by atoms with van der Waals surface area (Å²) in [7, 11) is 0. The lowest BCUT2D eigenvalue weighted by Crippen LogP contribution is -2.29. The molecule has 1 atom stereocenters. The summed E-state index contributed by atoms with van der Waals surface area (Å²) in [4.78, 5) is 6.90. The molecule has 0 aliphatic carbocycles. The molecule has 1 unspecified atom stereocenters. The fraction of sp³-hybridized carbons (Fsp3) is 0.133. The van der Waals surface area contributed by atoms with Gasteiger partial charge in [-0.05, 0) is 17.5 Å². The number of hydrogen-bond acceptors (Lipinski definition) is 5. The van der Waals surface area contributed by atoms with E-state index >= 15 is 0 Å². The van der Waals surface area contributed by atoms with E-state index in [9.17, 15) is 0 Å². The largest absolute Gasteiger partial charge is 0.297 e. The molecule has 6 heteroatoms. The monoisotopic (exact) mass is 314 g/mol. The minimum Gasteiger partial charge on any atom is -0.297 e. The standard InChI is InChI=1S/C15H14N4S2/c16-18-12(8-11-9-19-5-6-20-15(19)17-11)14-7-10-3-1-2-4-13(10)21-14/h1-7,9,12,18H,8,16H2. The molecule has 0 saturated carbocycles. The van der Waals surface area contributed by atoms with Gasteiger partial charge in [-0.25, -0.2) is 4.98 Å². The molecule has 0 radical (unpaired) electrons. The molecular weight excluding hydrogens is 300 g/mol. The van der Waals surface area contributed by atoms with Gasteiger partial charge in [0.15, 0.2) is 4.96 Å². The number of aromatic nitrogens is 2. The third kappa shape index (κ3) is 2.36. The second kappa shape index (κ2) is 5.23. The third-order valence-electron chi connectivity index (χ3n) is 3.55. The minimum atomic E-state index is 0.0898. The molecule has 4 aromatic rings. The van der Waals surface area contributed by atoms with Crippen LogP contribution in [0.3, 0.4) is 0 Å². The van der Waals surface area contributed by atoms with Gasteiger partial charge in [0, 0.05) is 33.8 Å². The van der Waals surface area contributed by atoms with Crippen LogP contribution in [0.25, 0.3) is 15.0 Å². The predicted octanol–water partition coefficient (Wildman–Crippen LogP) is 3.36. The number of imidazole rings is 1. The number of hydrazine groups is 1. The molecule has 0 aliphatic rings. The summed E-state index contributed by atoms with van der Waals surface area (Å²) < 4.78 is 3.34. The van der Waals surface area contributed by atoms with E-state index in [1.165, 1.54) is 15.0 Å². The van der Waals surface area contributed by atoms with Gasteiger partial charge in [-0.2, -0.15) is 0 Å². The molecule has 4 nitrogen and oxygen atoms in total. The summed E-state index contributed by atoms with van der Waals surface area (Å²) >= 11 is 3.43. The molecule has 3 heterocycles. The highest BCUT2D eigenvalue weighted by Crippen LogP contribution is 2.31. The molecule has 106 valence electrons. The molecule has 21 heavy (non-hydrogen) atoms. The Morgan fingerprint density at radius 1 is 1.33 bits per heavy atom. The molecule has 4 rings (SSSR count). The zero-order chi connectivity index (χ0) is 14.2. The molecule has 0 bridgehead atoms. The highest BCUT2D eigenvalue weighted by molar-refractivity contribution is 7.19. The van der Waals surface area contributed by atoms with Gasteiger partial charge in [-0.3, -0.25) is 15.7 Å². The number of fused-ring (bicyclic) bond motifs is 2. The van der Waals surface area contributed by atoms with Crippen molar-refractivity contribution in [3.05, 3.63) is 58.7 Å². The van der Waals surface area contributed by atoms with Crippen molar-refractivity contribution in [2.45, 2.75) is 12.5 Å². The van der Waals surface area contributed by atoms with Gasteiger partial charge in [0.25, 0.3) is 0 Å². The van der Waals surface area contributed by atoms with Gasteiger partial charge in [0.1, 0.15) is 0 Å². The lowest BCUT2D eigenvalue weighted by Gasteiger charge is -2.12. The number of benzene rings is 1. The van der Waals surface area contributed by atoms with Crippen molar-refractivity contribution in [1.29, 1.82) is 0 Å². The number of nitrogens with one attached hydrogen (secondary N) is 1. The number of nitrogens with zero attached hydrogens (tertiary/aromatic N) is 2. The number of nitrogens with two attached hydrogens (primary N) is 1. The first kappa shape index (κ1) is 13.0. The normalized spacial score (nSPS) is 13.2. The first-order chi connectivity index (χ1) is 10.3. The lowest BCUT2D eigenvalue weighted by atomic mass is 10.1. The topological polar surface area (TPSA) is 55.3 Å². The van der Waals surface area contributed by atoms with Crippen LogP contribution in [0.4, 0.5) is 0 Å². The lowest BCUT2D eigenvalue weighted by molar-refractivity contribution is 0.556. The zero-order valence-electron chi connectivity index (χ0n) is 11.2. The van der Waals surface area contributed by atoms with Gasteiger partial charge in [-0.1, -0.05) is 18.2 Å². The predicted molar refractivity (Wildman–Crippen MR) is 88.7 cm³/mol. The fourth-order valence-corrected chi connectivity index (χ4v) is 4.34. The van der Waals surface area contributed by atoms with E-state index in [0.717, 1.165) is 17.1 Å². The van der Waals surface area contributed by atoms with Crippen LogP contribution in [0.2, 0.25) is 0 Å². The summed E-state index contributed by atoms with van der Waals surface area (Å²) in [5.41, 5.74) is 3.99. The van der Waals surface area contributed by atoms with Gasteiger partial charge >= 0.3 is 0 Å². The van der Waals surface area contributed by atoms with E-state index in [1.807, 2.05) is 11.6 Å². The number of thiazole rings is 1. The van der Waals surface area contributed by atoms with Crippen LogP contribution in [-0.4, -0.2) is 9.38 Å². The van der Waals surface area contributed by atoms with Gasteiger partial charge in [0.05, 0.1) is 11.7 Å². The number of thiophene rings is 1. The van der Waals surface area contributed by atoms with E-state index in [1.54, 1.807) is 22.7 Å². The van der Waals surface area contributed by atoms with Crippen LogP contribution in [0.5, 0.6) is 0 Å². The maximum atomic E-state index is 5.77. The van der Waals surface area contributed by atoms with Crippen molar-refractivity contribution in [3.8, 4) is 0 Å². The Bertz CT molecular complexity index is 828. The Balaban J connectivity index is 1.65. The smallest absolute Gasteiger partial charge is 0.193 e. The van der Waals surface area contributed by atoms with Gasteiger partial charge in [0.2, 0.25) is 0 Å². The van der Waals surface area contributed by atoms with Gasteiger partial charge in [-0.15, -0.1) is 22.7 Å². The maximum absolute atomic E-state index is 5.77. The summed E-state index contributed by atoms with van der Waals surface area (Å²) in [5, 5.41) is 3.31. The Morgan fingerprint density at radius 2 is 2.24 bits per heavy atom. The van der Waals surface area contributed by atoms with Crippen molar-refractivity contribution in [1.82, 2.24) is 14.8 Å². The van der Waals surface area contributed by atoms with Crippen molar-refractivity contribution in [2.24, 2.45) is 5.84 Å². The first-order valence-corrected chi connectivity index (χ1v) is 8.39. The van der Waals surface area contributed by atoms with E-state index < -0.39 is 0 Å². The van der Waals surface area contributed by atoms with Crippen LogP contribution in [0.1, 0.15) is 16.6 Å². The molecule has 3 aromatic heterocycles. The molecule has 3 N–H and O–H groups in total. The summed E-state index contributed by atoms with van der Waals surface area (Å²) in [5.74, 6) is 5.77. The van der Waals surface area contributed by atoms with Crippen LogP contribution in [-0.2, 0) is 6.42 Å². The molecule has 0 spiro atoms. The maximum Gasteiger partial charge on any atom is 0.193 e. The molecular formula is C15H14N4S2. The second-order valence-electron chi connectivity index (χ2n) is 4.94. The SMILES string of the molecule is NNC(Cc1cn2ccsc2n1)c1cc2ccccc2s1. The van der Waals surface area contributed by atoms with Crippen LogP contribution >= 0.6 is 22.7 Å². The quantitative estimate of drug-likeness (QED) is 0.448. The average molecular weight is 314 g/mol. The summed E-state index contributed by atoms with van der Waals surface area (Å²) in [6.07, 6.45) is 4.89. The van der Waals surface area contributed by atoms with E-state index in [0.29, 0.717) is 0 Å². The number of hydrogen-bond donors (Lipinski definition) is 2. The van der Waals surface area contributed by atoms with Crippen molar-refractivity contribution >= 4 is 37.7 Å². The molecule has 1 aromatic carbocycles. The van der Waals surface area contributed by atoms with Crippen molar-refractivity contribution in [2.75, 3.05) is 0 Å². The van der Waals surface area contributed by atoms with Crippen LogP contribution in [0.15, 0.2) is 48.1 Å². The Labute approximate surface area is 129 Å². The summed E-state index contributed by atoms with van der Waals surface area (Å²) in [6, 6.07) is 10.7. The average Bonchev–Trinajstić information content (AvgIpc) is 3.17. The third-order valence-corrected chi connectivity index (χ3v) is 5.55. The van der Waals surface area contributed by atoms with Gasteiger partial charge < -0.3 is 0 Å². The zero-order valence-corrected chi connectivity index (χ0v) is 12.8. The minimum absolute atomic E-state index is 0.0898. The highest BCUT2D eigenvalue weighted by atomic mass is 32.1. The Kier molecular flexibility index (Phi) is 3.23. The fourth-order valence-electron chi connectivity index (χ4n) is 2.50. The van der Waals surface area contributed by atoms with Crippen LogP contribution in [0, 0.1) is 0 Å². The molecule has 0 amide bonds. The molecule has 0 saturated heterocycles. The van der Waals surface area contributed by atoms with E-state index in [-0.39, 0.29) is 6.04 Å². The Morgan fingerprint density at radius 3 is 3.05 bits per heavy atom. The highest BCUT2D eigenvalue weighted by Gasteiger charge is 2.16. The van der Waals surface area contributed by atoms with E-state index in [2.05, 4.69) is 51.3 Å². The van der Waals surface area contributed by atoms with Crippen molar-refractivity contribution in [3.63, 3.8) is 0 Å². The first-order valence-electron chi connectivity index (χ1n) is 6.69. The van der Waals surface area contributed by atoms with Crippen molar-refractivity contribution < 1.29 is 0 Å².